The van der Waals surface area contributed by atoms with Gasteiger partial charge in [0.2, 0.25) is 5.95 Å². The van der Waals surface area contributed by atoms with Crippen LogP contribution in [0.1, 0.15) is 33.2 Å². The van der Waals surface area contributed by atoms with Gasteiger partial charge in [0.1, 0.15) is 17.0 Å². The number of anilines is 3. The first-order chi connectivity index (χ1) is 12.8. The van der Waals surface area contributed by atoms with Crippen LogP contribution in [0.5, 0.6) is 0 Å². The molecule has 0 aliphatic rings. The minimum absolute atomic E-state index is 0.124. The highest BCUT2D eigenvalue weighted by Crippen LogP contribution is 2.34. The van der Waals surface area contributed by atoms with Crippen LogP contribution in [0.4, 0.5) is 17.8 Å². The van der Waals surface area contributed by atoms with Gasteiger partial charge in [0.15, 0.2) is 11.2 Å². The van der Waals surface area contributed by atoms with E-state index in [1.54, 1.807) is 0 Å². The van der Waals surface area contributed by atoms with E-state index in [1.165, 1.54) is 0 Å². The summed E-state index contributed by atoms with van der Waals surface area (Å²) in [6.07, 6.45) is 0.943. The number of aromatic nitrogens is 5. The molecule has 1 aromatic carbocycles. The second kappa shape index (κ2) is 6.11. The van der Waals surface area contributed by atoms with Crippen molar-refractivity contribution in [3.63, 3.8) is 0 Å². The van der Waals surface area contributed by atoms with Gasteiger partial charge < -0.3 is 21.6 Å². The summed E-state index contributed by atoms with van der Waals surface area (Å²) in [6.45, 7) is 6.44. The standard InChI is InChI=1S/C18H22N8O/c1-8(2)6-9(3)26-16-13(15(19)23-17(20)24-16)14(25-26)10-4-5-12-11(7-10)22-18(21)27-12/h4-5,7-9H,6H2,1-3H3,(H2,21,22)(H4,19,20,23,24). The minimum Gasteiger partial charge on any atom is -0.424 e. The third-order valence-corrected chi connectivity index (χ3v) is 4.50. The molecule has 0 fully saturated rings. The van der Waals surface area contributed by atoms with Gasteiger partial charge in [-0.2, -0.15) is 20.1 Å². The van der Waals surface area contributed by atoms with Gasteiger partial charge in [0.25, 0.3) is 6.01 Å². The summed E-state index contributed by atoms with van der Waals surface area (Å²) < 4.78 is 7.22. The first kappa shape index (κ1) is 17.1. The van der Waals surface area contributed by atoms with Gasteiger partial charge in [0, 0.05) is 5.56 Å². The topological polar surface area (TPSA) is 148 Å². The van der Waals surface area contributed by atoms with Crippen molar-refractivity contribution in [2.75, 3.05) is 17.2 Å². The molecule has 1 unspecified atom stereocenters. The van der Waals surface area contributed by atoms with E-state index >= 15 is 0 Å². The van der Waals surface area contributed by atoms with E-state index in [9.17, 15) is 0 Å². The molecule has 0 saturated carbocycles. The highest BCUT2D eigenvalue weighted by atomic mass is 16.4. The molecule has 0 amide bonds. The molecule has 0 bridgehead atoms. The second-order valence-electron chi connectivity index (χ2n) is 7.17. The Bertz CT molecular complexity index is 1140. The quantitative estimate of drug-likeness (QED) is 0.499. The Morgan fingerprint density at radius 1 is 1.07 bits per heavy atom. The number of nitrogens with zero attached hydrogens (tertiary/aromatic N) is 5. The number of fused-ring (bicyclic) bond motifs is 2. The highest BCUT2D eigenvalue weighted by molar-refractivity contribution is 6.00. The van der Waals surface area contributed by atoms with Crippen molar-refractivity contribution in [2.24, 2.45) is 5.92 Å². The molecular weight excluding hydrogens is 344 g/mol. The highest BCUT2D eigenvalue weighted by Gasteiger charge is 2.22. The number of hydrogen-bond acceptors (Lipinski definition) is 8. The van der Waals surface area contributed by atoms with Gasteiger partial charge in [-0.1, -0.05) is 13.8 Å². The molecule has 0 saturated heterocycles. The summed E-state index contributed by atoms with van der Waals surface area (Å²) in [5, 5.41) is 5.49. The van der Waals surface area contributed by atoms with Gasteiger partial charge in [-0.05, 0) is 37.5 Å². The van der Waals surface area contributed by atoms with Gasteiger partial charge in [-0.15, -0.1) is 0 Å². The number of benzene rings is 1. The number of oxazole rings is 1. The summed E-state index contributed by atoms with van der Waals surface area (Å²) in [7, 11) is 0. The molecule has 0 spiro atoms. The molecule has 3 heterocycles. The first-order valence-corrected chi connectivity index (χ1v) is 8.81. The Kier molecular flexibility index (Phi) is 3.87. The zero-order chi connectivity index (χ0) is 19.3. The van der Waals surface area contributed by atoms with E-state index in [-0.39, 0.29) is 18.0 Å². The van der Waals surface area contributed by atoms with E-state index < -0.39 is 0 Å². The summed E-state index contributed by atoms with van der Waals surface area (Å²) in [6, 6.07) is 5.82. The van der Waals surface area contributed by atoms with Crippen LogP contribution in [0, 0.1) is 5.92 Å². The molecule has 0 radical (unpaired) electrons. The van der Waals surface area contributed by atoms with Crippen molar-refractivity contribution in [3.05, 3.63) is 18.2 Å². The van der Waals surface area contributed by atoms with Gasteiger partial charge in [0.05, 0.1) is 11.4 Å². The maximum absolute atomic E-state index is 6.19. The Hall–Kier alpha value is -3.36. The van der Waals surface area contributed by atoms with E-state index in [4.69, 9.17) is 26.7 Å². The fourth-order valence-electron chi connectivity index (χ4n) is 3.47. The Labute approximate surface area is 155 Å². The number of hydrogen-bond donors (Lipinski definition) is 3. The van der Waals surface area contributed by atoms with Crippen LogP contribution in [-0.4, -0.2) is 24.7 Å². The van der Waals surface area contributed by atoms with Crippen molar-refractivity contribution in [1.29, 1.82) is 0 Å². The van der Waals surface area contributed by atoms with Crippen molar-refractivity contribution >= 4 is 39.9 Å². The Morgan fingerprint density at radius 3 is 2.59 bits per heavy atom. The van der Waals surface area contributed by atoms with Gasteiger partial charge in [-0.25, -0.2) is 4.68 Å². The summed E-state index contributed by atoms with van der Waals surface area (Å²) in [5.74, 6) is 0.938. The van der Waals surface area contributed by atoms with E-state index in [0.29, 0.717) is 39.6 Å². The first-order valence-electron chi connectivity index (χ1n) is 8.81. The molecule has 4 aromatic rings. The number of nitrogen functional groups attached to an aromatic ring is 3. The van der Waals surface area contributed by atoms with Crippen molar-refractivity contribution in [1.82, 2.24) is 24.7 Å². The predicted molar refractivity (Wildman–Crippen MR) is 106 cm³/mol. The molecule has 6 N–H and O–H groups in total. The van der Waals surface area contributed by atoms with E-state index in [1.807, 2.05) is 22.9 Å². The SMILES string of the molecule is CC(C)CC(C)n1nc(-c2ccc3oc(N)nc3c2)c2c(N)nc(N)nc21. The van der Waals surface area contributed by atoms with Crippen LogP contribution in [0.3, 0.4) is 0 Å². The van der Waals surface area contributed by atoms with Crippen LogP contribution in [0.25, 0.3) is 33.4 Å². The van der Waals surface area contributed by atoms with Crippen molar-refractivity contribution in [3.8, 4) is 11.3 Å². The average molecular weight is 366 g/mol. The lowest BCUT2D eigenvalue weighted by atomic mass is 10.1. The monoisotopic (exact) mass is 366 g/mol. The third kappa shape index (κ3) is 2.90. The number of rotatable bonds is 4. The Balaban J connectivity index is 1.96. The second-order valence-corrected chi connectivity index (χ2v) is 7.17. The molecule has 4 rings (SSSR count). The van der Waals surface area contributed by atoms with E-state index in [0.717, 1.165) is 12.0 Å². The van der Waals surface area contributed by atoms with Gasteiger partial charge in [-0.3, -0.25) is 0 Å². The molecule has 1 atom stereocenters. The van der Waals surface area contributed by atoms with Gasteiger partial charge >= 0.3 is 0 Å². The lowest BCUT2D eigenvalue weighted by molar-refractivity contribution is 0.406. The minimum atomic E-state index is 0.124. The normalized spacial score (nSPS) is 13.0. The lowest BCUT2D eigenvalue weighted by Gasteiger charge is -2.15. The average Bonchev–Trinajstić information content (AvgIpc) is 3.13. The summed E-state index contributed by atoms with van der Waals surface area (Å²) >= 11 is 0. The smallest absolute Gasteiger partial charge is 0.292 e. The van der Waals surface area contributed by atoms with E-state index in [2.05, 4.69) is 35.7 Å². The zero-order valence-electron chi connectivity index (χ0n) is 15.5. The van der Waals surface area contributed by atoms with Crippen molar-refractivity contribution < 1.29 is 4.42 Å². The largest absolute Gasteiger partial charge is 0.424 e. The number of nitrogens with two attached hydrogens (primary N) is 3. The van der Waals surface area contributed by atoms with Crippen LogP contribution >= 0.6 is 0 Å². The van der Waals surface area contributed by atoms with Crippen LogP contribution in [-0.2, 0) is 0 Å². The van der Waals surface area contributed by atoms with Crippen LogP contribution in [0.2, 0.25) is 0 Å². The predicted octanol–water partition coefficient (Wildman–Crippen LogP) is 2.99. The fourth-order valence-corrected chi connectivity index (χ4v) is 3.47. The third-order valence-electron chi connectivity index (χ3n) is 4.50. The molecule has 9 nitrogen and oxygen atoms in total. The summed E-state index contributed by atoms with van der Waals surface area (Å²) in [5.41, 5.74) is 21.1. The van der Waals surface area contributed by atoms with Crippen molar-refractivity contribution in [2.45, 2.75) is 33.2 Å². The van der Waals surface area contributed by atoms with Crippen LogP contribution in [0.15, 0.2) is 22.6 Å². The Morgan fingerprint density at radius 2 is 1.85 bits per heavy atom. The maximum atomic E-state index is 6.19. The molecule has 27 heavy (non-hydrogen) atoms. The molecule has 3 aromatic heterocycles. The molecule has 140 valence electrons. The fraction of sp³-hybridized carbons (Fsp3) is 0.333. The maximum Gasteiger partial charge on any atom is 0.292 e. The molecule has 0 aliphatic carbocycles. The lowest BCUT2D eigenvalue weighted by Crippen LogP contribution is -2.11. The molecular formula is C18H22N8O. The molecule has 0 aliphatic heterocycles. The summed E-state index contributed by atoms with van der Waals surface area (Å²) in [4.78, 5) is 12.7. The van der Waals surface area contributed by atoms with Crippen LogP contribution < -0.4 is 17.2 Å². The zero-order valence-corrected chi connectivity index (χ0v) is 15.5. The molecule has 9 heteroatoms.